The van der Waals surface area contributed by atoms with Crippen LogP contribution in [0.1, 0.15) is 37.3 Å². The van der Waals surface area contributed by atoms with Crippen molar-refractivity contribution in [3.05, 3.63) is 83.5 Å². The van der Waals surface area contributed by atoms with Gasteiger partial charge in [-0.05, 0) is 50.6 Å². The number of pyridine rings is 1. The lowest BCUT2D eigenvalue weighted by atomic mass is 10.1. The highest BCUT2D eigenvalue weighted by molar-refractivity contribution is 6.35. The summed E-state index contributed by atoms with van der Waals surface area (Å²) in [5.74, 6) is 0. The highest BCUT2D eigenvalue weighted by Crippen LogP contribution is 2.29. The molecule has 2 heterocycles. The van der Waals surface area contributed by atoms with Gasteiger partial charge in [0.05, 0.1) is 16.2 Å². The van der Waals surface area contributed by atoms with Crippen molar-refractivity contribution in [2.75, 3.05) is 33.2 Å². The monoisotopic (exact) mass is 461 g/mol. The van der Waals surface area contributed by atoms with Crippen LogP contribution in [0.25, 0.3) is 28.2 Å². The van der Waals surface area contributed by atoms with Crippen molar-refractivity contribution >= 4 is 28.6 Å². The molecule has 1 aromatic heterocycles. The van der Waals surface area contributed by atoms with E-state index < -0.39 is 0 Å². The molecule has 174 valence electrons. The maximum atomic E-state index is 6.38. The molecule has 0 amide bonds. The van der Waals surface area contributed by atoms with Crippen LogP contribution in [-0.4, -0.2) is 48.0 Å². The normalized spacial score (nSPS) is 14.0. The maximum Gasteiger partial charge on any atom is 0.0730 e. The Bertz CT molecular complexity index is 1100. The third-order valence-corrected chi connectivity index (χ3v) is 6.42. The van der Waals surface area contributed by atoms with E-state index in [9.17, 15) is 0 Å². The predicted molar refractivity (Wildman–Crippen MR) is 145 cm³/mol. The van der Waals surface area contributed by atoms with Crippen LogP contribution in [0.15, 0.2) is 67.4 Å². The van der Waals surface area contributed by atoms with Crippen LogP contribution in [0.4, 0.5) is 0 Å². The molecule has 0 aliphatic carbocycles. The average Bonchev–Trinajstić information content (AvgIpc) is 2.83. The summed E-state index contributed by atoms with van der Waals surface area (Å²) < 4.78 is 0. The first-order chi connectivity index (χ1) is 15.9. The molecule has 4 heteroatoms. The molecule has 0 bridgehead atoms. The van der Waals surface area contributed by atoms with E-state index in [2.05, 4.69) is 62.1 Å². The number of nitrogens with zero attached hydrogens (tertiary/aromatic N) is 3. The largest absolute Gasteiger partial charge is 0.373 e. The molecule has 0 radical (unpaired) electrons. The molecule has 33 heavy (non-hydrogen) atoms. The third-order valence-electron chi connectivity index (χ3n) is 6.10. The lowest BCUT2D eigenvalue weighted by Crippen LogP contribution is -2.43. The molecular formula is C29H36ClN3. The standard InChI is InChI=1S/C18H14ClN.C11H22N2/c1-3-13-7-8-15-16(19)11-17(20-18(15)10-13)14-6-4-5-12(2)9-14;1-4-5-6-11(2)13-9-7-12(3)8-10-13/h3-11H,1H2,2H3;2,4-10H2,1,3H3. The summed E-state index contributed by atoms with van der Waals surface area (Å²) in [6.07, 6.45) is 5.55. The van der Waals surface area contributed by atoms with E-state index >= 15 is 0 Å². The van der Waals surface area contributed by atoms with Gasteiger partial charge in [-0.25, -0.2) is 4.98 Å². The van der Waals surface area contributed by atoms with Gasteiger partial charge in [-0.1, -0.05) is 80.1 Å². The zero-order valence-corrected chi connectivity index (χ0v) is 21.0. The summed E-state index contributed by atoms with van der Waals surface area (Å²) >= 11 is 6.38. The minimum absolute atomic E-state index is 0.724. The topological polar surface area (TPSA) is 19.4 Å². The Morgan fingerprint density at radius 1 is 1.09 bits per heavy atom. The van der Waals surface area contributed by atoms with Gasteiger partial charge in [-0.3, -0.25) is 0 Å². The molecular weight excluding hydrogens is 426 g/mol. The first-order valence-electron chi connectivity index (χ1n) is 11.8. The van der Waals surface area contributed by atoms with Gasteiger partial charge >= 0.3 is 0 Å². The number of unbranched alkanes of at least 4 members (excludes halogenated alkanes) is 1. The molecule has 1 aliphatic rings. The molecule has 1 fully saturated rings. The number of allylic oxidation sites excluding steroid dienone is 1. The van der Waals surface area contributed by atoms with E-state index in [0.29, 0.717) is 0 Å². The number of likely N-dealkylation sites (N-methyl/N-ethyl adjacent to an activating group) is 1. The Morgan fingerprint density at radius 3 is 2.52 bits per heavy atom. The first kappa shape index (κ1) is 25.0. The number of hydrogen-bond donors (Lipinski definition) is 0. The van der Waals surface area contributed by atoms with Gasteiger partial charge in [0.15, 0.2) is 0 Å². The van der Waals surface area contributed by atoms with Crippen molar-refractivity contribution in [2.24, 2.45) is 0 Å². The summed E-state index contributed by atoms with van der Waals surface area (Å²) in [5, 5.41) is 1.69. The number of benzene rings is 2. The smallest absolute Gasteiger partial charge is 0.0730 e. The maximum absolute atomic E-state index is 6.38. The Hall–Kier alpha value is -2.62. The summed E-state index contributed by atoms with van der Waals surface area (Å²) in [7, 11) is 2.19. The summed E-state index contributed by atoms with van der Waals surface area (Å²) in [6, 6.07) is 16.2. The van der Waals surface area contributed by atoms with Crippen LogP contribution in [0.3, 0.4) is 0 Å². The summed E-state index contributed by atoms with van der Waals surface area (Å²) in [6.45, 7) is 16.9. The van der Waals surface area contributed by atoms with Crippen LogP contribution >= 0.6 is 11.6 Å². The highest BCUT2D eigenvalue weighted by Gasteiger charge is 2.14. The van der Waals surface area contributed by atoms with E-state index in [0.717, 1.165) is 32.7 Å². The molecule has 3 aromatic rings. The molecule has 3 nitrogen and oxygen atoms in total. The lowest BCUT2D eigenvalue weighted by molar-refractivity contribution is 0.182. The molecule has 1 saturated heterocycles. The van der Waals surface area contributed by atoms with E-state index in [1.54, 1.807) is 0 Å². The van der Waals surface area contributed by atoms with Crippen LogP contribution < -0.4 is 0 Å². The van der Waals surface area contributed by atoms with Gasteiger partial charge in [0, 0.05) is 42.8 Å². The van der Waals surface area contributed by atoms with Crippen LogP contribution in [0.2, 0.25) is 5.02 Å². The summed E-state index contributed by atoms with van der Waals surface area (Å²) in [5.41, 5.74) is 6.47. The van der Waals surface area contributed by atoms with Crippen molar-refractivity contribution in [1.82, 2.24) is 14.8 Å². The molecule has 0 spiro atoms. The van der Waals surface area contributed by atoms with Crippen LogP contribution in [0.5, 0.6) is 0 Å². The lowest BCUT2D eigenvalue weighted by Gasteiger charge is -2.35. The fourth-order valence-electron chi connectivity index (χ4n) is 3.94. The van der Waals surface area contributed by atoms with E-state index in [1.807, 2.05) is 36.4 Å². The van der Waals surface area contributed by atoms with E-state index in [-0.39, 0.29) is 0 Å². The Kier molecular flexibility index (Phi) is 9.11. The highest BCUT2D eigenvalue weighted by atomic mass is 35.5. The molecule has 2 aromatic carbocycles. The van der Waals surface area contributed by atoms with Crippen molar-refractivity contribution in [3.8, 4) is 11.3 Å². The third kappa shape index (κ3) is 6.93. The van der Waals surface area contributed by atoms with Crippen LogP contribution in [0, 0.1) is 6.92 Å². The Labute approximate surface area is 204 Å². The first-order valence-corrected chi connectivity index (χ1v) is 12.2. The van der Waals surface area contributed by atoms with Crippen molar-refractivity contribution in [1.29, 1.82) is 0 Å². The second kappa shape index (κ2) is 12.0. The SMILES string of the molecule is C=C(CCCC)N1CCN(C)CC1.C=Cc1ccc2c(Cl)cc(-c3cccc(C)c3)nc2c1. The zero-order valence-electron chi connectivity index (χ0n) is 20.3. The fraction of sp³-hybridized carbons (Fsp3) is 0.345. The molecule has 1 aliphatic heterocycles. The molecule has 0 N–H and O–H groups in total. The number of aromatic nitrogens is 1. The Morgan fingerprint density at radius 2 is 1.85 bits per heavy atom. The zero-order chi connectivity index (χ0) is 23.8. The molecule has 4 rings (SSSR count). The quantitative estimate of drug-likeness (QED) is 0.380. The minimum Gasteiger partial charge on any atom is -0.373 e. The molecule has 0 unspecified atom stereocenters. The number of hydrogen-bond acceptors (Lipinski definition) is 3. The average molecular weight is 462 g/mol. The fourth-order valence-corrected chi connectivity index (χ4v) is 4.21. The molecule has 0 saturated carbocycles. The van der Waals surface area contributed by atoms with Gasteiger partial charge in [0.25, 0.3) is 0 Å². The van der Waals surface area contributed by atoms with Gasteiger partial charge in [-0.15, -0.1) is 0 Å². The van der Waals surface area contributed by atoms with Crippen LogP contribution in [-0.2, 0) is 0 Å². The van der Waals surface area contributed by atoms with Gasteiger partial charge < -0.3 is 9.80 Å². The van der Waals surface area contributed by atoms with Gasteiger partial charge in [0.2, 0.25) is 0 Å². The predicted octanol–water partition coefficient (Wildman–Crippen LogP) is 7.44. The minimum atomic E-state index is 0.724. The van der Waals surface area contributed by atoms with E-state index in [1.165, 1.54) is 56.7 Å². The van der Waals surface area contributed by atoms with Gasteiger partial charge in [0.1, 0.15) is 0 Å². The molecule has 0 atom stereocenters. The van der Waals surface area contributed by atoms with E-state index in [4.69, 9.17) is 16.6 Å². The number of piperazine rings is 1. The number of halogens is 1. The van der Waals surface area contributed by atoms with Gasteiger partial charge in [-0.2, -0.15) is 0 Å². The van der Waals surface area contributed by atoms with Crippen molar-refractivity contribution in [2.45, 2.75) is 33.1 Å². The number of fused-ring (bicyclic) bond motifs is 1. The second-order valence-electron chi connectivity index (χ2n) is 8.80. The Balaban J connectivity index is 0.000000205. The number of rotatable bonds is 6. The second-order valence-corrected chi connectivity index (χ2v) is 9.21. The van der Waals surface area contributed by atoms with Crippen molar-refractivity contribution < 1.29 is 0 Å². The summed E-state index contributed by atoms with van der Waals surface area (Å²) in [4.78, 5) is 9.54. The number of aryl methyl sites for hydroxylation is 1. The van der Waals surface area contributed by atoms with Crippen molar-refractivity contribution in [3.63, 3.8) is 0 Å².